The number of carboxylic acid groups (broad SMARTS) is 1. The molecule has 134 valence electrons. The van der Waals surface area contributed by atoms with E-state index < -0.39 is 5.97 Å². The van der Waals surface area contributed by atoms with E-state index in [-0.39, 0.29) is 12.4 Å². The SMILES string of the molecule is C=CCn1c(COc2ccc(C(C)C)c(C)c2)nnc1SCC(=O)O. The van der Waals surface area contributed by atoms with E-state index >= 15 is 0 Å². The minimum absolute atomic E-state index is 0.0635. The second-order valence-corrected chi connectivity index (χ2v) is 6.88. The molecule has 6 nitrogen and oxygen atoms in total. The van der Waals surface area contributed by atoms with Crippen LogP contribution in [0.15, 0.2) is 36.0 Å². The van der Waals surface area contributed by atoms with E-state index in [0.717, 1.165) is 17.5 Å². The molecule has 0 aliphatic rings. The van der Waals surface area contributed by atoms with Crippen LogP contribution in [-0.4, -0.2) is 31.6 Å². The van der Waals surface area contributed by atoms with Crippen LogP contribution >= 0.6 is 11.8 Å². The molecular weight excluding hydrogens is 338 g/mol. The Morgan fingerprint density at radius 1 is 1.44 bits per heavy atom. The monoisotopic (exact) mass is 361 g/mol. The Hall–Kier alpha value is -2.28. The summed E-state index contributed by atoms with van der Waals surface area (Å²) in [5.41, 5.74) is 2.49. The molecule has 0 fully saturated rings. The highest BCUT2D eigenvalue weighted by Gasteiger charge is 2.14. The van der Waals surface area contributed by atoms with Gasteiger partial charge in [-0.25, -0.2) is 0 Å². The lowest BCUT2D eigenvalue weighted by molar-refractivity contribution is -0.133. The van der Waals surface area contributed by atoms with Crippen molar-refractivity contribution in [2.45, 2.75) is 45.0 Å². The number of allylic oxidation sites excluding steroid dienone is 1. The van der Waals surface area contributed by atoms with Gasteiger partial charge in [-0.2, -0.15) is 0 Å². The number of hydrogen-bond acceptors (Lipinski definition) is 5. The van der Waals surface area contributed by atoms with E-state index in [2.05, 4.69) is 43.6 Å². The van der Waals surface area contributed by atoms with Gasteiger partial charge in [-0.3, -0.25) is 9.36 Å². The first kappa shape index (κ1) is 19.1. The first-order valence-corrected chi connectivity index (χ1v) is 9.01. The van der Waals surface area contributed by atoms with Crippen molar-refractivity contribution in [2.75, 3.05) is 5.75 Å². The fraction of sp³-hybridized carbons (Fsp3) is 0.389. The van der Waals surface area contributed by atoms with E-state index in [1.165, 1.54) is 11.1 Å². The van der Waals surface area contributed by atoms with Gasteiger partial charge in [0, 0.05) is 6.54 Å². The second kappa shape index (κ2) is 8.71. The number of hydrogen-bond donors (Lipinski definition) is 1. The molecule has 2 rings (SSSR count). The molecule has 25 heavy (non-hydrogen) atoms. The van der Waals surface area contributed by atoms with Crippen molar-refractivity contribution in [1.29, 1.82) is 0 Å². The van der Waals surface area contributed by atoms with Crippen LogP contribution in [-0.2, 0) is 17.9 Å². The molecule has 0 aliphatic carbocycles. The van der Waals surface area contributed by atoms with Crippen LogP contribution in [0.1, 0.15) is 36.7 Å². The van der Waals surface area contributed by atoms with Crippen LogP contribution in [0.3, 0.4) is 0 Å². The number of benzene rings is 1. The highest BCUT2D eigenvalue weighted by molar-refractivity contribution is 7.99. The van der Waals surface area contributed by atoms with E-state index in [9.17, 15) is 4.79 Å². The lowest BCUT2D eigenvalue weighted by atomic mass is 9.98. The van der Waals surface area contributed by atoms with Gasteiger partial charge in [-0.15, -0.1) is 16.8 Å². The molecule has 2 aromatic rings. The van der Waals surface area contributed by atoms with Gasteiger partial charge in [0.05, 0.1) is 5.75 Å². The van der Waals surface area contributed by atoms with E-state index in [1.54, 1.807) is 6.08 Å². The van der Waals surface area contributed by atoms with E-state index in [1.807, 2.05) is 16.7 Å². The Bertz CT molecular complexity index is 756. The van der Waals surface area contributed by atoms with Crippen molar-refractivity contribution in [3.05, 3.63) is 47.8 Å². The van der Waals surface area contributed by atoms with Gasteiger partial charge in [-0.05, 0) is 36.1 Å². The van der Waals surface area contributed by atoms with Crippen LogP contribution < -0.4 is 4.74 Å². The van der Waals surface area contributed by atoms with Crippen LogP contribution in [0.5, 0.6) is 5.75 Å². The molecule has 0 amide bonds. The smallest absolute Gasteiger partial charge is 0.313 e. The number of nitrogens with zero attached hydrogens (tertiary/aromatic N) is 3. The zero-order valence-electron chi connectivity index (χ0n) is 14.7. The molecule has 0 atom stereocenters. The van der Waals surface area contributed by atoms with Crippen LogP contribution in [0.4, 0.5) is 0 Å². The normalized spacial score (nSPS) is 10.9. The molecule has 1 aromatic carbocycles. The third-order valence-corrected chi connectivity index (χ3v) is 4.61. The summed E-state index contributed by atoms with van der Waals surface area (Å²) in [7, 11) is 0. The predicted molar refractivity (Wildman–Crippen MR) is 98.2 cm³/mol. The molecule has 0 saturated heterocycles. The largest absolute Gasteiger partial charge is 0.486 e. The lowest BCUT2D eigenvalue weighted by Gasteiger charge is -2.13. The predicted octanol–water partition coefficient (Wildman–Crippen LogP) is 3.65. The topological polar surface area (TPSA) is 77.2 Å². The van der Waals surface area contributed by atoms with Gasteiger partial charge >= 0.3 is 5.97 Å². The summed E-state index contributed by atoms with van der Waals surface area (Å²) in [4.78, 5) is 10.7. The van der Waals surface area contributed by atoms with E-state index in [4.69, 9.17) is 9.84 Å². The zero-order chi connectivity index (χ0) is 18.4. The maximum absolute atomic E-state index is 10.7. The van der Waals surface area contributed by atoms with Gasteiger partial charge in [-0.1, -0.05) is 37.8 Å². The standard InChI is InChI=1S/C18H23N3O3S/c1-5-8-21-16(19-20-18(21)25-11-17(22)23)10-24-14-6-7-15(12(2)3)13(4)9-14/h5-7,9,12H,1,8,10-11H2,2-4H3,(H,22,23). The molecule has 0 spiro atoms. The highest BCUT2D eigenvalue weighted by Crippen LogP contribution is 2.24. The molecule has 0 radical (unpaired) electrons. The number of aliphatic carboxylic acids is 1. The molecule has 1 heterocycles. The number of ether oxygens (including phenoxy) is 1. The molecular formula is C18H23N3O3S. The number of carbonyl (C=O) groups is 1. The molecule has 0 unspecified atom stereocenters. The van der Waals surface area contributed by atoms with Crippen molar-refractivity contribution >= 4 is 17.7 Å². The average Bonchev–Trinajstić information content (AvgIpc) is 2.93. The summed E-state index contributed by atoms with van der Waals surface area (Å²) >= 11 is 1.13. The van der Waals surface area contributed by atoms with Gasteiger partial charge in [0.15, 0.2) is 11.0 Å². The summed E-state index contributed by atoms with van der Waals surface area (Å²) in [5.74, 6) is 0.926. The quantitative estimate of drug-likeness (QED) is 0.543. The third kappa shape index (κ3) is 5.09. The summed E-state index contributed by atoms with van der Waals surface area (Å²) < 4.78 is 7.67. The van der Waals surface area contributed by atoms with Crippen LogP contribution in [0, 0.1) is 6.92 Å². The number of rotatable bonds is 9. The highest BCUT2D eigenvalue weighted by atomic mass is 32.2. The van der Waals surface area contributed by atoms with Crippen LogP contribution in [0.25, 0.3) is 0 Å². The molecule has 0 bridgehead atoms. The average molecular weight is 361 g/mol. The fourth-order valence-corrected chi connectivity index (χ4v) is 3.19. The van der Waals surface area contributed by atoms with Gasteiger partial charge in [0.2, 0.25) is 0 Å². The van der Waals surface area contributed by atoms with Crippen molar-refractivity contribution in [1.82, 2.24) is 14.8 Å². The van der Waals surface area contributed by atoms with Crippen molar-refractivity contribution in [3.8, 4) is 5.75 Å². The van der Waals surface area contributed by atoms with Gasteiger partial charge in [0.25, 0.3) is 0 Å². The number of carboxylic acids is 1. The summed E-state index contributed by atoms with van der Waals surface area (Å²) in [6.07, 6.45) is 1.72. The first-order valence-electron chi connectivity index (χ1n) is 8.03. The zero-order valence-corrected chi connectivity index (χ0v) is 15.5. The van der Waals surface area contributed by atoms with Crippen molar-refractivity contribution in [3.63, 3.8) is 0 Å². The summed E-state index contributed by atoms with van der Waals surface area (Å²) in [6, 6.07) is 6.05. The first-order chi connectivity index (χ1) is 11.9. The Balaban J connectivity index is 2.10. The summed E-state index contributed by atoms with van der Waals surface area (Å²) in [6.45, 7) is 10.9. The molecule has 1 N–H and O–H groups in total. The Labute approximate surface area is 151 Å². The number of aryl methyl sites for hydroxylation is 1. The Morgan fingerprint density at radius 2 is 2.20 bits per heavy atom. The lowest BCUT2D eigenvalue weighted by Crippen LogP contribution is -2.08. The minimum atomic E-state index is -0.892. The Kier molecular flexibility index (Phi) is 6.64. The van der Waals surface area contributed by atoms with Crippen LogP contribution in [0.2, 0.25) is 0 Å². The Morgan fingerprint density at radius 3 is 2.80 bits per heavy atom. The second-order valence-electron chi connectivity index (χ2n) is 5.94. The minimum Gasteiger partial charge on any atom is -0.486 e. The van der Waals surface area contributed by atoms with Crippen molar-refractivity contribution < 1.29 is 14.6 Å². The van der Waals surface area contributed by atoms with E-state index in [0.29, 0.717) is 23.4 Å². The van der Waals surface area contributed by atoms with Crippen molar-refractivity contribution in [2.24, 2.45) is 0 Å². The molecule has 0 aliphatic heterocycles. The number of aromatic nitrogens is 3. The maximum Gasteiger partial charge on any atom is 0.313 e. The fourth-order valence-electron chi connectivity index (χ4n) is 2.50. The maximum atomic E-state index is 10.7. The van der Waals surface area contributed by atoms with Gasteiger partial charge in [0.1, 0.15) is 12.4 Å². The molecule has 1 aromatic heterocycles. The molecule has 0 saturated carbocycles. The summed E-state index contributed by atoms with van der Waals surface area (Å²) in [5, 5.41) is 17.5. The molecule has 7 heteroatoms. The third-order valence-electron chi connectivity index (χ3n) is 3.66. The van der Waals surface area contributed by atoms with Gasteiger partial charge < -0.3 is 9.84 Å². The number of thioether (sulfide) groups is 1.